The average Bonchev–Trinajstić information content (AvgIpc) is 2.71. The molecule has 1 unspecified atom stereocenters. The van der Waals surface area contributed by atoms with Gasteiger partial charge in [-0.1, -0.05) is 32.0 Å². The molecule has 0 saturated carbocycles. The normalized spacial score (nSPS) is 12.6. The van der Waals surface area contributed by atoms with Crippen molar-refractivity contribution < 1.29 is 0 Å². The van der Waals surface area contributed by atoms with E-state index in [9.17, 15) is 5.26 Å². The highest BCUT2D eigenvalue weighted by Crippen LogP contribution is 2.30. The van der Waals surface area contributed by atoms with E-state index in [0.717, 1.165) is 17.8 Å². The Morgan fingerprint density at radius 2 is 2.00 bits per heavy atom. The Morgan fingerprint density at radius 3 is 2.63 bits per heavy atom. The van der Waals surface area contributed by atoms with E-state index in [2.05, 4.69) is 62.0 Å². The second-order valence-electron chi connectivity index (χ2n) is 5.50. The van der Waals surface area contributed by atoms with Gasteiger partial charge in [-0.2, -0.15) is 5.26 Å². The molecule has 0 aliphatic carbocycles. The highest BCUT2D eigenvalue weighted by atomic mass is 15.1. The van der Waals surface area contributed by atoms with Crippen LogP contribution >= 0.6 is 0 Å². The molecular formula is C16H21N3. The standard InChI is InChI=1S/C16H21N3/c1-11(2)13(9-17)10-19(4)16-12(3)18-15-8-6-5-7-14(15)16/h5-8,11,13,18H,10H2,1-4H3. The molecule has 2 rings (SSSR count). The van der Waals surface area contributed by atoms with E-state index in [-0.39, 0.29) is 5.92 Å². The van der Waals surface area contributed by atoms with Gasteiger partial charge in [0.05, 0.1) is 17.7 Å². The molecule has 1 aromatic carbocycles. The lowest BCUT2D eigenvalue weighted by Gasteiger charge is -2.24. The summed E-state index contributed by atoms with van der Waals surface area (Å²) in [5.74, 6) is 0.427. The third-order valence-corrected chi connectivity index (χ3v) is 3.68. The molecule has 0 spiro atoms. The Morgan fingerprint density at radius 1 is 1.32 bits per heavy atom. The highest BCUT2D eigenvalue weighted by Gasteiger charge is 2.18. The van der Waals surface area contributed by atoms with Crippen LogP contribution in [0.25, 0.3) is 10.9 Å². The van der Waals surface area contributed by atoms with Crippen LogP contribution in [0.1, 0.15) is 19.5 Å². The van der Waals surface area contributed by atoms with Gasteiger partial charge in [0.1, 0.15) is 0 Å². The number of aromatic nitrogens is 1. The van der Waals surface area contributed by atoms with Crippen LogP contribution < -0.4 is 4.90 Å². The Bertz CT molecular complexity index is 604. The number of fused-ring (bicyclic) bond motifs is 1. The van der Waals surface area contributed by atoms with Crippen molar-refractivity contribution in [2.24, 2.45) is 11.8 Å². The third kappa shape index (κ3) is 2.58. The maximum atomic E-state index is 9.24. The second kappa shape index (κ2) is 5.36. The molecule has 0 amide bonds. The monoisotopic (exact) mass is 255 g/mol. The zero-order valence-corrected chi connectivity index (χ0v) is 12.1. The largest absolute Gasteiger partial charge is 0.371 e. The van der Waals surface area contributed by atoms with E-state index < -0.39 is 0 Å². The van der Waals surface area contributed by atoms with Crippen LogP contribution in [0.5, 0.6) is 0 Å². The maximum absolute atomic E-state index is 9.24. The lowest BCUT2D eigenvalue weighted by molar-refractivity contribution is 0.477. The zero-order chi connectivity index (χ0) is 14.0. The van der Waals surface area contributed by atoms with Crippen molar-refractivity contribution in [3.63, 3.8) is 0 Å². The second-order valence-corrected chi connectivity index (χ2v) is 5.50. The van der Waals surface area contributed by atoms with Gasteiger partial charge >= 0.3 is 0 Å². The fourth-order valence-corrected chi connectivity index (χ4v) is 2.54. The Kier molecular flexibility index (Phi) is 3.80. The van der Waals surface area contributed by atoms with Crippen LogP contribution in [0.3, 0.4) is 0 Å². The van der Waals surface area contributed by atoms with Gasteiger partial charge in [-0.3, -0.25) is 0 Å². The molecule has 0 aliphatic rings. The number of anilines is 1. The van der Waals surface area contributed by atoms with Gasteiger partial charge in [-0.15, -0.1) is 0 Å². The number of H-pyrrole nitrogens is 1. The third-order valence-electron chi connectivity index (χ3n) is 3.68. The fourth-order valence-electron chi connectivity index (χ4n) is 2.54. The number of nitrogens with one attached hydrogen (secondary N) is 1. The summed E-state index contributed by atoms with van der Waals surface area (Å²) < 4.78 is 0. The van der Waals surface area contributed by atoms with Crippen LogP contribution in [0.4, 0.5) is 5.69 Å². The van der Waals surface area contributed by atoms with E-state index >= 15 is 0 Å². The van der Waals surface area contributed by atoms with E-state index in [1.54, 1.807) is 0 Å². The summed E-state index contributed by atoms with van der Waals surface area (Å²) in [6.07, 6.45) is 0. The minimum atomic E-state index is 0.0538. The quantitative estimate of drug-likeness (QED) is 0.905. The van der Waals surface area contributed by atoms with Crippen molar-refractivity contribution in [3.05, 3.63) is 30.0 Å². The molecule has 0 radical (unpaired) electrons. The van der Waals surface area contributed by atoms with Crippen LogP contribution in [0.2, 0.25) is 0 Å². The fraction of sp³-hybridized carbons (Fsp3) is 0.438. The number of rotatable bonds is 4. The van der Waals surface area contributed by atoms with E-state index in [1.165, 1.54) is 11.1 Å². The first kappa shape index (κ1) is 13.5. The van der Waals surface area contributed by atoms with Crippen molar-refractivity contribution in [2.75, 3.05) is 18.5 Å². The molecule has 1 heterocycles. The first-order valence-electron chi connectivity index (χ1n) is 6.72. The number of hydrogen-bond acceptors (Lipinski definition) is 2. The lowest BCUT2D eigenvalue weighted by Crippen LogP contribution is -2.27. The summed E-state index contributed by atoms with van der Waals surface area (Å²) >= 11 is 0. The van der Waals surface area contributed by atoms with Gasteiger partial charge in [0.2, 0.25) is 0 Å². The molecule has 1 atom stereocenters. The van der Waals surface area contributed by atoms with Gasteiger partial charge in [-0.25, -0.2) is 0 Å². The van der Waals surface area contributed by atoms with Crippen LogP contribution in [-0.2, 0) is 0 Å². The molecule has 0 fully saturated rings. The number of para-hydroxylation sites is 1. The SMILES string of the molecule is Cc1[nH]c2ccccc2c1N(C)CC(C#N)C(C)C. The van der Waals surface area contributed by atoms with Gasteiger partial charge in [0, 0.05) is 30.2 Å². The van der Waals surface area contributed by atoms with Crippen molar-refractivity contribution in [2.45, 2.75) is 20.8 Å². The molecule has 2 aromatic rings. The Labute approximate surface area is 114 Å². The summed E-state index contributed by atoms with van der Waals surface area (Å²) in [7, 11) is 2.06. The molecule has 1 N–H and O–H groups in total. The van der Waals surface area contributed by atoms with Crippen LogP contribution in [-0.4, -0.2) is 18.6 Å². The summed E-state index contributed by atoms with van der Waals surface area (Å²) in [6.45, 7) is 7.05. The van der Waals surface area contributed by atoms with Gasteiger partial charge in [-0.05, 0) is 18.9 Å². The van der Waals surface area contributed by atoms with Crippen molar-refractivity contribution in [3.8, 4) is 6.07 Å². The van der Waals surface area contributed by atoms with E-state index in [4.69, 9.17) is 0 Å². The van der Waals surface area contributed by atoms with Gasteiger partial charge in [0.25, 0.3) is 0 Å². The number of nitrogens with zero attached hydrogens (tertiary/aromatic N) is 2. The van der Waals surface area contributed by atoms with E-state index in [0.29, 0.717) is 5.92 Å². The summed E-state index contributed by atoms with van der Waals surface area (Å²) in [6, 6.07) is 10.7. The topological polar surface area (TPSA) is 42.8 Å². The number of hydrogen-bond donors (Lipinski definition) is 1. The Hall–Kier alpha value is -1.95. The lowest BCUT2D eigenvalue weighted by atomic mass is 9.97. The van der Waals surface area contributed by atoms with Crippen LogP contribution in [0, 0.1) is 30.1 Å². The number of aromatic amines is 1. The number of benzene rings is 1. The highest BCUT2D eigenvalue weighted by molar-refractivity contribution is 5.94. The van der Waals surface area contributed by atoms with Gasteiger partial charge < -0.3 is 9.88 Å². The molecule has 3 nitrogen and oxygen atoms in total. The van der Waals surface area contributed by atoms with Crippen molar-refractivity contribution in [1.82, 2.24) is 4.98 Å². The molecule has 3 heteroatoms. The van der Waals surface area contributed by atoms with Crippen molar-refractivity contribution in [1.29, 1.82) is 5.26 Å². The molecular weight excluding hydrogens is 234 g/mol. The zero-order valence-electron chi connectivity index (χ0n) is 12.1. The predicted molar refractivity (Wildman–Crippen MR) is 80.2 cm³/mol. The summed E-state index contributed by atoms with van der Waals surface area (Å²) in [4.78, 5) is 5.60. The minimum absolute atomic E-state index is 0.0538. The van der Waals surface area contributed by atoms with Crippen molar-refractivity contribution >= 4 is 16.6 Å². The van der Waals surface area contributed by atoms with E-state index in [1.807, 2.05) is 6.07 Å². The maximum Gasteiger partial charge on any atom is 0.0677 e. The van der Waals surface area contributed by atoms with Gasteiger partial charge in [0.15, 0.2) is 0 Å². The molecule has 0 bridgehead atoms. The molecule has 1 aromatic heterocycles. The average molecular weight is 255 g/mol. The first-order chi connectivity index (χ1) is 9.04. The molecule has 100 valence electrons. The predicted octanol–water partition coefficient (Wildman–Crippen LogP) is 3.71. The number of nitriles is 1. The van der Waals surface area contributed by atoms with Crippen LogP contribution in [0.15, 0.2) is 24.3 Å². The first-order valence-corrected chi connectivity index (χ1v) is 6.72. The molecule has 19 heavy (non-hydrogen) atoms. The minimum Gasteiger partial charge on any atom is -0.371 e. The summed E-state index contributed by atoms with van der Waals surface area (Å²) in [5.41, 5.74) is 3.51. The Balaban J connectivity index is 2.34. The molecule has 0 saturated heterocycles. The smallest absolute Gasteiger partial charge is 0.0677 e. The number of aryl methyl sites for hydroxylation is 1. The molecule has 0 aliphatic heterocycles. The summed E-state index contributed by atoms with van der Waals surface area (Å²) in [5, 5.41) is 10.5.